The molecule has 1 aromatic heterocycles. The number of aryl methyl sites for hydroxylation is 1. The number of hydrogen-bond donors (Lipinski definition) is 0. The van der Waals surface area contributed by atoms with Crippen molar-refractivity contribution in [1.82, 2.24) is 9.88 Å². The number of alkyl halides is 3. The van der Waals surface area contributed by atoms with Gasteiger partial charge >= 0.3 is 6.18 Å². The molecule has 1 aliphatic heterocycles. The molecule has 1 saturated heterocycles. The summed E-state index contributed by atoms with van der Waals surface area (Å²) < 4.78 is 42.4. The van der Waals surface area contributed by atoms with Crippen LogP contribution < -0.4 is 4.74 Å². The molecule has 0 aliphatic carbocycles. The fourth-order valence-corrected chi connectivity index (χ4v) is 2.19. The second kappa shape index (κ2) is 5.77. The number of ether oxygens (including phenoxy) is 1. The van der Waals surface area contributed by atoms with Gasteiger partial charge in [0.05, 0.1) is 6.54 Å². The zero-order chi connectivity index (χ0) is 13.9. The van der Waals surface area contributed by atoms with E-state index in [1.807, 2.05) is 19.1 Å². The number of hydrogen-bond acceptors (Lipinski definition) is 3. The highest BCUT2D eigenvalue weighted by molar-refractivity contribution is 5.15. The molecule has 0 bridgehead atoms. The molecule has 1 aliphatic rings. The predicted octanol–water partition coefficient (Wildman–Crippen LogP) is 2.80. The molecular formula is C13H17F3N2O. The van der Waals surface area contributed by atoms with Crippen LogP contribution in [0.15, 0.2) is 18.2 Å². The first-order valence-electron chi connectivity index (χ1n) is 6.32. The van der Waals surface area contributed by atoms with Crippen molar-refractivity contribution in [3.05, 3.63) is 23.9 Å². The molecule has 0 aromatic carbocycles. The number of piperidine rings is 1. The monoisotopic (exact) mass is 274 g/mol. The van der Waals surface area contributed by atoms with Crippen LogP contribution in [0.2, 0.25) is 0 Å². The van der Waals surface area contributed by atoms with Gasteiger partial charge in [0.15, 0.2) is 0 Å². The van der Waals surface area contributed by atoms with Crippen LogP contribution in [0.1, 0.15) is 18.5 Å². The maximum atomic E-state index is 12.2. The minimum absolute atomic E-state index is 0.0428. The highest BCUT2D eigenvalue weighted by atomic mass is 19.4. The van der Waals surface area contributed by atoms with Crippen LogP contribution in [0, 0.1) is 6.92 Å². The summed E-state index contributed by atoms with van der Waals surface area (Å²) in [4.78, 5) is 5.65. The molecule has 2 rings (SSSR count). The van der Waals surface area contributed by atoms with E-state index in [1.165, 1.54) is 4.90 Å². The molecule has 1 aromatic rings. The lowest BCUT2D eigenvalue weighted by Gasteiger charge is -2.32. The Labute approximate surface area is 110 Å². The number of aromatic nitrogens is 1. The summed E-state index contributed by atoms with van der Waals surface area (Å²) in [6.45, 7) is 1.87. The van der Waals surface area contributed by atoms with Crippen LogP contribution in [-0.4, -0.2) is 41.8 Å². The van der Waals surface area contributed by atoms with Crippen molar-refractivity contribution in [2.45, 2.75) is 32.0 Å². The standard InChI is InChI=1S/C13H17F3N2O/c1-10-3-2-4-12(17-10)19-11-5-7-18(8-6-11)9-13(14,15)16/h2-4,11H,5-9H2,1H3. The Morgan fingerprint density at radius 3 is 2.58 bits per heavy atom. The van der Waals surface area contributed by atoms with Gasteiger partial charge in [-0.3, -0.25) is 4.90 Å². The van der Waals surface area contributed by atoms with Crippen molar-refractivity contribution >= 4 is 0 Å². The Kier molecular flexibility index (Phi) is 4.29. The Morgan fingerprint density at radius 2 is 2.00 bits per heavy atom. The number of rotatable bonds is 3. The van der Waals surface area contributed by atoms with Crippen LogP contribution in [0.4, 0.5) is 13.2 Å². The summed E-state index contributed by atoms with van der Waals surface area (Å²) in [6, 6.07) is 5.50. The number of pyridine rings is 1. The van der Waals surface area contributed by atoms with Crippen molar-refractivity contribution in [3.8, 4) is 5.88 Å². The Morgan fingerprint density at radius 1 is 1.32 bits per heavy atom. The minimum Gasteiger partial charge on any atom is -0.474 e. The maximum Gasteiger partial charge on any atom is 0.401 e. The van der Waals surface area contributed by atoms with Gasteiger partial charge in [-0.15, -0.1) is 0 Å². The molecule has 2 heterocycles. The molecule has 0 spiro atoms. The van der Waals surface area contributed by atoms with Crippen LogP contribution >= 0.6 is 0 Å². The molecule has 0 atom stereocenters. The molecule has 6 heteroatoms. The van der Waals surface area contributed by atoms with E-state index in [9.17, 15) is 13.2 Å². The quantitative estimate of drug-likeness (QED) is 0.847. The highest BCUT2D eigenvalue weighted by Crippen LogP contribution is 2.21. The topological polar surface area (TPSA) is 25.4 Å². The van der Waals surface area contributed by atoms with E-state index in [0.29, 0.717) is 31.8 Å². The first kappa shape index (κ1) is 14.1. The van der Waals surface area contributed by atoms with E-state index in [2.05, 4.69) is 4.98 Å². The fraction of sp³-hybridized carbons (Fsp3) is 0.615. The molecular weight excluding hydrogens is 257 g/mol. The van der Waals surface area contributed by atoms with Gasteiger partial charge in [0.25, 0.3) is 0 Å². The summed E-state index contributed by atoms with van der Waals surface area (Å²) >= 11 is 0. The SMILES string of the molecule is Cc1cccc(OC2CCN(CC(F)(F)F)CC2)n1. The van der Waals surface area contributed by atoms with Crippen molar-refractivity contribution < 1.29 is 17.9 Å². The van der Waals surface area contributed by atoms with Crippen molar-refractivity contribution in [3.63, 3.8) is 0 Å². The summed E-state index contributed by atoms with van der Waals surface area (Å²) in [5.41, 5.74) is 0.868. The third-order valence-electron chi connectivity index (χ3n) is 3.09. The van der Waals surface area contributed by atoms with Gasteiger partial charge in [-0.2, -0.15) is 13.2 Å². The summed E-state index contributed by atoms with van der Waals surface area (Å²) in [6.07, 6.45) is -2.96. The largest absolute Gasteiger partial charge is 0.474 e. The average Bonchev–Trinajstić information content (AvgIpc) is 2.30. The molecule has 0 radical (unpaired) electrons. The van der Waals surface area contributed by atoms with E-state index in [4.69, 9.17) is 4.74 Å². The van der Waals surface area contributed by atoms with Gasteiger partial charge < -0.3 is 4.74 Å². The molecule has 3 nitrogen and oxygen atoms in total. The normalized spacial score (nSPS) is 18.5. The van der Waals surface area contributed by atoms with Gasteiger partial charge in [-0.1, -0.05) is 6.07 Å². The van der Waals surface area contributed by atoms with Crippen molar-refractivity contribution in [2.75, 3.05) is 19.6 Å². The Bertz CT molecular complexity index is 415. The van der Waals surface area contributed by atoms with Crippen LogP contribution in [0.5, 0.6) is 5.88 Å². The average molecular weight is 274 g/mol. The van der Waals surface area contributed by atoms with E-state index < -0.39 is 12.7 Å². The predicted molar refractivity (Wildman–Crippen MR) is 65.1 cm³/mol. The van der Waals surface area contributed by atoms with Gasteiger partial charge in [0.1, 0.15) is 6.10 Å². The zero-order valence-corrected chi connectivity index (χ0v) is 10.8. The van der Waals surface area contributed by atoms with Crippen LogP contribution in [0.3, 0.4) is 0 Å². The molecule has 0 N–H and O–H groups in total. The smallest absolute Gasteiger partial charge is 0.401 e. The molecule has 19 heavy (non-hydrogen) atoms. The summed E-state index contributed by atoms with van der Waals surface area (Å²) in [5.74, 6) is 0.550. The molecule has 0 saturated carbocycles. The number of halogens is 3. The molecule has 106 valence electrons. The Balaban J connectivity index is 1.80. The lowest BCUT2D eigenvalue weighted by Crippen LogP contribution is -2.42. The van der Waals surface area contributed by atoms with Gasteiger partial charge in [-0.05, 0) is 25.8 Å². The third kappa shape index (κ3) is 4.70. The highest BCUT2D eigenvalue weighted by Gasteiger charge is 2.32. The lowest BCUT2D eigenvalue weighted by molar-refractivity contribution is -0.149. The van der Waals surface area contributed by atoms with E-state index in [-0.39, 0.29) is 6.10 Å². The molecule has 0 amide bonds. The zero-order valence-electron chi connectivity index (χ0n) is 10.8. The van der Waals surface area contributed by atoms with Crippen LogP contribution in [0.25, 0.3) is 0 Å². The van der Waals surface area contributed by atoms with E-state index in [1.54, 1.807) is 6.07 Å². The molecule has 1 fully saturated rings. The number of likely N-dealkylation sites (tertiary alicyclic amines) is 1. The second-order valence-corrected chi connectivity index (χ2v) is 4.83. The van der Waals surface area contributed by atoms with E-state index >= 15 is 0 Å². The summed E-state index contributed by atoms with van der Waals surface area (Å²) in [7, 11) is 0. The fourth-order valence-electron chi connectivity index (χ4n) is 2.19. The van der Waals surface area contributed by atoms with Crippen LogP contribution in [-0.2, 0) is 0 Å². The van der Waals surface area contributed by atoms with Crippen molar-refractivity contribution in [1.29, 1.82) is 0 Å². The van der Waals surface area contributed by atoms with E-state index in [0.717, 1.165) is 5.69 Å². The molecule has 0 unspecified atom stereocenters. The van der Waals surface area contributed by atoms with Gasteiger partial charge in [-0.25, -0.2) is 4.98 Å². The third-order valence-corrected chi connectivity index (χ3v) is 3.09. The minimum atomic E-state index is -4.12. The second-order valence-electron chi connectivity index (χ2n) is 4.83. The Hall–Kier alpha value is -1.30. The summed E-state index contributed by atoms with van der Waals surface area (Å²) in [5, 5.41) is 0. The van der Waals surface area contributed by atoms with Gasteiger partial charge in [0, 0.05) is 24.8 Å². The lowest BCUT2D eigenvalue weighted by atomic mass is 10.1. The van der Waals surface area contributed by atoms with Crippen molar-refractivity contribution in [2.24, 2.45) is 0 Å². The first-order valence-corrected chi connectivity index (χ1v) is 6.32. The first-order chi connectivity index (χ1) is 8.92. The number of nitrogens with zero attached hydrogens (tertiary/aromatic N) is 2. The maximum absolute atomic E-state index is 12.2. The van der Waals surface area contributed by atoms with Gasteiger partial charge in [0.2, 0.25) is 5.88 Å².